The molecule has 0 amide bonds. The first kappa shape index (κ1) is 9.48. The highest BCUT2D eigenvalue weighted by Gasteiger charge is 2.05. The zero-order valence-corrected chi connectivity index (χ0v) is 6.16. The predicted octanol–water partition coefficient (Wildman–Crippen LogP) is -0.667. The number of nitroso groups, excluding NO2 is 1. The van der Waals surface area contributed by atoms with E-state index in [1.54, 1.807) is 6.92 Å². The highest BCUT2D eigenvalue weighted by Crippen LogP contribution is 1.89. The van der Waals surface area contributed by atoms with Crippen molar-refractivity contribution < 1.29 is 10.1 Å². The van der Waals surface area contributed by atoms with Crippen LogP contribution in [-0.2, 0) is 4.84 Å². The van der Waals surface area contributed by atoms with Gasteiger partial charge in [-0.1, -0.05) is 12.1 Å². The molecule has 1 N–H and O–H groups in total. The van der Waals surface area contributed by atoms with Gasteiger partial charge in [-0.15, -0.1) is 0 Å². The largest absolute Gasteiger partial charge is 0.600 e. The van der Waals surface area contributed by atoms with Crippen LogP contribution in [0.5, 0.6) is 0 Å². The van der Waals surface area contributed by atoms with Crippen LogP contribution in [0.15, 0.2) is 5.18 Å². The second-order valence-electron chi connectivity index (χ2n) is 2.20. The van der Waals surface area contributed by atoms with Gasteiger partial charge in [0.2, 0.25) is 0 Å². The zero-order valence-electron chi connectivity index (χ0n) is 6.16. The molecular weight excluding hydrogens is 136 g/mol. The smallest absolute Gasteiger partial charge is 0.111 e. The molecule has 0 spiro atoms. The van der Waals surface area contributed by atoms with Crippen LogP contribution in [0, 0.1) is 16.0 Å². The summed E-state index contributed by atoms with van der Waals surface area (Å²) in [4.78, 5) is 14.1. The quantitative estimate of drug-likeness (QED) is 0.415. The second-order valence-corrected chi connectivity index (χ2v) is 2.20. The van der Waals surface area contributed by atoms with E-state index in [-0.39, 0.29) is 24.2 Å². The average molecular weight is 148 g/mol. The molecule has 0 heterocycles. The Kier molecular flexibility index (Phi) is 5.00. The second kappa shape index (κ2) is 5.28. The van der Waals surface area contributed by atoms with Crippen molar-refractivity contribution in [2.75, 3.05) is 20.2 Å². The number of hydroxylamine groups is 2. The van der Waals surface area contributed by atoms with Crippen molar-refractivity contribution in [1.82, 2.24) is 0 Å². The molecule has 0 radical (unpaired) electrons. The lowest BCUT2D eigenvalue weighted by molar-refractivity contribution is -1.05. The molecule has 0 bridgehead atoms. The summed E-state index contributed by atoms with van der Waals surface area (Å²) >= 11 is 0. The number of rotatable bonds is 5. The number of nitrogens with zero attached hydrogens (tertiary/aromatic N) is 1. The van der Waals surface area contributed by atoms with Gasteiger partial charge >= 0.3 is 0 Å². The third kappa shape index (κ3) is 4.37. The highest BCUT2D eigenvalue weighted by atomic mass is 16.9. The van der Waals surface area contributed by atoms with Crippen molar-refractivity contribution in [3.63, 3.8) is 0 Å². The molecule has 0 aromatic rings. The predicted molar refractivity (Wildman–Crippen MR) is 36.0 cm³/mol. The number of hydrogen-bond donors (Lipinski definition) is 1. The molecule has 0 aromatic carbocycles. The van der Waals surface area contributed by atoms with Crippen LogP contribution in [0.3, 0.4) is 0 Å². The fourth-order valence-corrected chi connectivity index (χ4v) is 0.560. The van der Waals surface area contributed by atoms with E-state index in [2.05, 4.69) is 10.0 Å². The maximum absolute atomic E-state index is 10.5. The SMILES string of the molecule is CO[NH+]([O-])CC(C)CN=O. The van der Waals surface area contributed by atoms with Crippen molar-refractivity contribution in [3.05, 3.63) is 10.1 Å². The summed E-state index contributed by atoms with van der Waals surface area (Å²) in [5.41, 5.74) is 0. The molecule has 5 heteroatoms. The van der Waals surface area contributed by atoms with E-state index >= 15 is 0 Å². The first-order chi connectivity index (χ1) is 4.70. The van der Waals surface area contributed by atoms with E-state index in [0.717, 1.165) is 0 Å². The standard InChI is InChI=1S/C5H12N2O3/c1-5(3-6-8)4-7(9)10-2/h5,7H,3-4H2,1-2H3. The molecular formula is C5H12N2O3. The average Bonchev–Trinajstić information content (AvgIpc) is 1.88. The minimum Gasteiger partial charge on any atom is -0.600 e. The van der Waals surface area contributed by atoms with Gasteiger partial charge in [-0.3, -0.25) is 0 Å². The van der Waals surface area contributed by atoms with Crippen molar-refractivity contribution >= 4 is 0 Å². The Balaban J connectivity index is 3.35. The molecule has 0 rings (SSSR count). The Morgan fingerprint density at radius 2 is 2.40 bits per heavy atom. The van der Waals surface area contributed by atoms with Crippen molar-refractivity contribution in [3.8, 4) is 0 Å². The van der Waals surface area contributed by atoms with Crippen LogP contribution in [0.25, 0.3) is 0 Å². The monoisotopic (exact) mass is 148 g/mol. The molecule has 0 aromatic heterocycles. The summed E-state index contributed by atoms with van der Waals surface area (Å²) in [5.74, 6) is -0.00931. The Bertz CT molecular complexity index is 98.9. The van der Waals surface area contributed by atoms with E-state index in [4.69, 9.17) is 0 Å². The van der Waals surface area contributed by atoms with Gasteiger partial charge in [0.1, 0.15) is 6.54 Å². The fraction of sp³-hybridized carbons (Fsp3) is 1.00. The van der Waals surface area contributed by atoms with E-state index in [0.29, 0.717) is 0 Å². The van der Waals surface area contributed by atoms with E-state index in [9.17, 15) is 10.1 Å². The van der Waals surface area contributed by atoms with Gasteiger partial charge in [-0.2, -0.15) is 4.91 Å². The first-order valence-electron chi connectivity index (χ1n) is 3.06. The number of hydrogen-bond acceptors (Lipinski definition) is 4. The minimum absolute atomic E-state index is 0.00931. The molecule has 0 aliphatic heterocycles. The molecule has 0 saturated carbocycles. The summed E-state index contributed by atoms with van der Waals surface area (Å²) in [6.07, 6.45) is 0. The van der Waals surface area contributed by atoms with Gasteiger partial charge in [0.25, 0.3) is 0 Å². The fourth-order valence-electron chi connectivity index (χ4n) is 0.560. The third-order valence-corrected chi connectivity index (χ3v) is 1.13. The molecule has 2 unspecified atom stereocenters. The van der Waals surface area contributed by atoms with E-state index in [1.165, 1.54) is 7.11 Å². The van der Waals surface area contributed by atoms with Crippen LogP contribution in [0.1, 0.15) is 6.92 Å². The van der Waals surface area contributed by atoms with Gasteiger partial charge < -0.3 is 5.21 Å². The molecule has 0 aliphatic rings. The highest BCUT2D eigenvalue weighted by molar-refractivity contribution is 4.51. The van der Waals surface area contributed by atoms with Crippen LogP contribution < -0.4 is 5.23 Å². The maximum Gasteiger partial charge on any atom is 0.111 e. The Labute approximate surface area is 59.5 Å². The first-order valence-corrected chi connectivity index (χ1v) is 3.06. The van der Waals surface area contributed by atoms with Gasteiger partial charge in [0.05, 0.1) is 13.7 Å². The topological polar surface area (TPSA) is 66.2 Å². The van der Waals surface area contributed by atoms with Gasteiger partial charge in [-0.25, -0.2) is 10.1 Å². The molecule has 0 aliphatic carbocycles. The van der Waals surface area contributed by atoms with Crippen LogP contribution >= 0.6 is 0 Å². The maximum atomic E-state index is 10.5. The summed E-state index contributed by atoms with van der Waals surface area (Å²) in [6, 6.07) is 0. The van der Waals surface area contributed by atoms with Crippen LogP contribution in [-0.4, -0.2) is 20.2 Å². The summed E-state index contributed by atoms with van der Waals surface area (Å²) in [6.45, 7) is 2.22. The van der Waals surface area contributed by atoms with Crippen LogP contribution in [0.4, 0.5) is 0 Å². The lowest BCUT2D eigenvalue weighted by atomic mass is 10.2. The molecule has 60 valence electrons. The van der Waals surface area contributed by atoms with Crippen LogP contribution in [0.2, 0.25) is 0 Å². The van der Waals surface area contributed by atoms with Crippen molar-refractivity contribution in [2.45, 2.75) is 6.92 Å². The van der Waals surface area contributed by atoms with Gasteiger partial charge in [0.15, 0.2) is 0 Å². The molecule has 5 nitrogen and oxygen atoms in total. The lowest BCUT2D eigenvalue weighted by Crippen LogP contribution is -3.06. The van der Waals surface area contributed by atoms with Crippen molar-refractivity contribution in [2.24, 2.45) is 11.1 Å². The summed E-state index contributed by atoms with van der Waals surface area (Å²) < 4.78 is 0. The van der Waals surface area contributed by atoms with Gasteiger partial charge in [0, 0.05) is 5.92 Å². The Morgan fingerprint density at radius 1 is 1.80 bits per heavy atom. The number of quaternary nitrogens is 1. The summed E-state index contributed by atoms with van der Waals surface area (Å²) in [7, 11) is 1.32. The molecule has 0 fully saturated rings. The normalized spacial score (nSPS) is 16.3. The van der Waals surface area contributed by atoms with Gasteiger partial charge in [-0.05, 0) is 0 Å². The zero-order chi connectivity index (χ0) is 7.98. The Morgan fingerprint density at radius 3 is 2.80 bits per heavy atom. The van der Waals surface area contributed by atoms with E-state index < -0.39 is 0 Å². The Hall–Kier alpha value is -0.520. The molecule has 10 heavy (non-hydrogen) atoms. The minimum atomic E-state index is -0.295. The molecule has 2 atom stereocenters. The van der Waals surface area contributed by atoms with E-state index in [1.807, 2.05) is 0 Å². The summed E-state index contributed by atoms with van der Waals surface area (Å²) in [5, 5.41) is 12.9. The van der Waals surface area contributed by atoms with Crippen molar-refractivity contribution in [1.29, 1.82) is 0 Å². The molecule has 0 saturated heterocycles. The number of nitrogens with one attached hydrogen (secondary N) is 1. The lowest BCUT2D eigenvalue weighted by Gasteiger charge is -2.19. The third-order valence-electron chi connectivity index (χ3n) is 1.13.